The summed E-state index contributed by atoms with van der Waals surface area (Å²) in [5.41, 5.74) is 0. The van der Waals surface area contributed by atoms with Gasteiger partial charge in [0.05, 0.1) is 27.7 Å². The maximum Gasteiger partial charge on any atom is 0.472 e. The second-order valence-corrected chi connectivity index (χ2v) is 27.1. The van der Waals surface area contributed by atoms with Crippen molar-refractivity contribution < 1.29 is 42.1 Å². The van der Waals surface area contributed by atoms with E-state index in [1.54, 1.807) is 0 Å². The predicted molar refractivity (Wildman–Crippen MR) is 390 cm³/mol. The minimum Gasteiger partial charge on any atom is -0.462 e. The number of likely N-dealkylation sites (N-methyl/N-ethyl adjacent to an activating group) is 1. The Bertz CT molecular complexity index is 1980. The van der Waals surface area contributed by atoms with Gasteiger partial charge < -0.3 is 18.9 Å². The van der Waals surface area contributed by atoms with Crippen LogP contribution in [0.3, 0.4) is 0 Å². The quantitative estimate of drug-likeness (QED) is 0.0211. The largest absolute Gasteiger partial charge is 0.472 e. The molecule has 0 spiro atoms. The Kier molecular flexibility index (Phi) is 66.5. The third-order valence-electron chi connectivity index (χ3n) is 15.7. The molecule has 0 aliphatic rings. The van der Waals surface area contributed by atoms with Crippen molar-refractivity contribution in [1.29, 1.82) is 0 Å². The summed E-state index contributed by atoms with van der Waals surface area (Å²) in [5.74, 6) is -0.833. The van der Waals surface area contributed by atoms with Crippen molar-refractivity contribution in [3.05, 3.63) is 134 Å². The Morgan fingerprint density at radius 3 is 0.944 bits per heavy atom. The molecule has 2 atom stereocenters. The first-order chi connectivity index (χ1) is 44.0. The Morgan fingerprint density at radius 1 is 0.356 bits per heavy atom. The first kappa shape index (κ1) is 86.2. The van der Waals surface area contributed by atoms with Crippen LogP contribution in [0.5, 0.6) is 0 Å². The Morgan fingerprint density at radius 2 is 0.633 bits per heavy atom. The topological polar surface area (TPSA) is 108 Å². The van der Waals surface area contributed by atoms with Gasteiger partial charge in [0.1, 0.15) is 19.8 Å². The summed E-state index contributed by atoms with van der Waals surface area (Å²) in [6.07, 6.45) is 101. The first-order valence-corrected chi connectivity index (χ1v) is 38.4. The van der Waals surface area contributed by atoms with Gasteiger partial charge in [-0.15, -0.1) is 0 Å². The normalized spacial score (nSPS) is 13.9. The second-order valence-electron chi connectivity index (χ2n) is 25.6. The number of unbranched alkanes of at least 4 members (excludes halogenated alkanes) is 31. The van der Waals surface area contributed by atoms with Crippen molar-refractivity contribution >= 4 is 19.8 Å². The highest BCUT2D eigenvalue weighted by atomic mass is 31.2. The molecule has 0 aromatic carbocycles. The fourth-order valence-corrected chi connectivity index (χ4v) is 10.8. The smallest absolute Gasteiger partial charge is 0.462 e. The van der Waals surface area contributed by atoms with E-state index < -0.39 is 26.5 Å². The standard InChI is InChI=1S/C80H138NO8P/c1-6-8-10-12-14-16-18-20-22-24-26-28-30-32-34-36-37-38-39-40-41-42-43-45-47-49-51-53-55-57-59-61-63-65-67-69-71-73-80(83)89-78(77-88-90(84,85)87-75-74-81(3,4)5)76-86-79(82)72-70-68-66-64-62-60-58-56-54-52-50-48-46-44-35-33-31-29-27-25-23-21-19-17-15-13-11-9-7-2/h8,10,14,16,20,22,26,28,32,34,37-38,40-41,43,45,49,51,55,57,61,63,78H,6-7,9,11-13,15,17-19,21,23-25,27,29-31,33,35-36,39,42,44,46-48,50,52-54,56,58-60,62,64-77H2,1-5H3/p+1/b10-8-,16-14-,22-20-,28-26-,34-32-,38-37-,41-40-,45-43-,51-49-,57-55-,63-61-. The van der Waals surface area contributed by atoms with Crippen LogP contribution in [0.25, 0.3) is 0 Å². The first-order valence-electron chi connectivity index (χ1n) is 36.9. The van der Waals surface area contributed by atoms with Crippen LogP contribution in [0.1, 0.15) is 309 Å². The lowest BCUT2D eigenvalue weighted by Crippen LogP contribution is -2.37. The highest BCUT2D eigenvalue weighted by molar-refractivity contribution is 7.47. The van der Waals surface area contributed by atoms with Gasteiger partial charge in [-0.25, -0.2) is 4.57 Å². The van der Waals surface area contributed by atoms with E-state index in [4.69, 9.17) is 18.5 Å². The van der Waals surface area contributed by atoms with Crippen LogP contribution in [-0.4, -0.2) is 74.9 Å². The minimum atomic E-state index is -4.41. The van der Waals surface area contributed by atoms with Crippen LogP contribution in [0.2, 0.25) is 0 Å². The molecule has 90 heavy (non-hydrogen) atoms. The number of phosphoric acid groups is 1. The van der Waals surface area contributed by atoms with E-state index in [-0.39, 0.29) is 32.0 Å². The number of phosphoric ester groups is 1. The number of allylic oxidation sites excluding steroid dienone is 22. The van der Waals surface area contributed by atoms with Gasteiger partial charge in [-0.1, -0.05) is 334 Å². The van der Waals surface area contributed by atoms with E-state index in [0.717, 1.165) is 109 Å². The number of hydrogen-bond acceptors (Lipinski definition) is 7. The Balaban J connectivity index is 4.14. The van der Waals surface area contributed by atoms with Gasteiger partial charge in [-0.3, -0.25) is 18.6 Å². The summed E-state index contributed by atoms with van der Waals surface area (Å²) in [7, 11) is 1.45. The maximum absolute atomic E-state index is 12.9. The van der Waals surface area contributed by atoms with Gasteiger partial charge in [0.25, 0.3) is 0 Å². The lowest BCUT2D eigenvalue weighted by molar-refractivity contribution is -0.870. The molecule has 0 saturated heterocycles. The molecule has 1 N–H and O–H groups in total. The monoisotopic (exact) mass is 1270 g/mol. The number of ether oxygens (including phenoxy) is 2. The summed E-state index contributed by atoms with van der Waals surface area (Å²) in [6.45, 7) is 4.31. The highest BCUT2D eigenvalue weighted by Gasteiger charge is 2.27. The van der Waals surface area contributed by atoms with E-state index >= 15 is 0 Å². The van der Waals surface area contributed by atoms with E-state index in [1.807, 2.05) is 21.1 Å². The number of esters is 2. The molecule has 0 aliphatic heterocycles. The minimum absolute atomic E-state index is 0.0196. The van der Waals surface area contributed by atoms with Gasteiger partial charge >= 0.3 is 19.8 Å². The van der Waals surface area contributed by atoms with Crippen LogP contribution >= 0.6 is 7.82 Å². The molecular weight excluding hydrogens is 1130 g/mol. The molecule has 2 unspecified atom stereocenters. The number of hydrogen-bond donors (Lipinski definition) is 1. The van der Waals surface area contributed by atoms with Gasteiger partial charge in [-0.2, -0.15) is 0 Å². The molecule has 0 aromatic rings. The number of carbonyl (C=O) groups is 2. The van der Waals surface area contributed by atoms with Crippen molar-refractivity contribution in [1.82, 2.24) is 0 Å². The molecule has 0 aromatic heterocycles. The van der Waals surface area contributed by atoms with Crippen molar-refractivity contribution in [2.24, 2.45) is 0 Å². The summed E-state index contributed by atoms with van der Waals surface area (Å²) in [6, 6.07) is 0. The van der Waals surface area contributed by atoms with Gasteiger partial charge in [0, 0.05) is 12.8 Å². The zero-order chi connectivity index (χ0) is 65.5. The molecule has 10 heteroatoms. The summed E-state index contributed by atoms with van der Waals surface area (Å²) in [5, 5.41) is 0. The van der Waals surface area contributed by atoms with E-state index in [1.165, 1.54) is 167 Å². The number of rotatable bonds is 67. The molecule has 0 saturated carbocycles. The molecule has 516 valence electrons. The SMILES string of the molecule is CC/C=C\C/C=C\C/C=C\C/C=C\C/C=C\C/C=C\C/C=C\C/C=C\C/C=C\C/C=C\C/C=C\CCCCCC(=O)OC(COC(=O)CCCCCCCCCCCCCCCCCCCCCCCCCCCCCCC)COP(=O)(O)OCC[N+](C)(C)C. The van der Waals surface area contributed by atoms with Gasteiger partial charge in [0.2, 0.25) is 0 Å². The highest BCUT2D eigenvalue weighted by Crippen LogP contribution is 2.43. The van der Waals surface area contributed by atoms with Gasteiger partial charge in [0.15, 0.2) is 6.10 Å². The molecule has 0 bridgehead atoms. The van der Waals surface area contributed by atoms with E-state index in [9.17, 15) is 19.0 Å². The third kappa shape index (κ3) is 73.2. The lowest BCUT2D eigenvalue weighted by Gasteiger charge is -2.24. The van der Waals surface area contributed by atoms with Crippen molar-refractivity contribution in [2.45, 2.75) is 315 Å². The van der Waals surface area contributed by atoms with Crippen LogP contribution in [-0.2, 0) is 32.7 Å². The zero-order valence-corrected chi connectivity index (χ0v) is 59.7. The van der Waals surface area contributed by atoms with Gasteiger partial charge in [-0.05, 0) is 96.3 Å². The van der Waals surface area contributed by atoms with Crippen LogP contribution in [0.4, 0.5) is 0 Å². The van der Waals surface area contributed by atoms with E-state index in [0.29, 0.717) is 17.4 Å². The number of nitrogens with zero attached hydrogens (tertiary/aromatic N) is 1. The Hall–Kier alpha value is -3.85. The average Bonchev–Trinajstić information content (AvgIpc) is 3.58. The molecule has 9 nitrogen and oxygen atoms in total. The summed E-state index contributed by atoms with van der Waals surface area (Å²) >= 11 is 0. The molecule has 0 heterocycles. The van der Waals surface area contributed by atoms with Crippen LogP contribution in [0, 0.1) is 0 Å². The fraction of sp³-hybridized carbons (Fsp3) is 0.700. The molecule has 0 radical (unpaired) electrons. The van der Waals surface area contributed by atoms with E-state index in [2.05, 4.69) is 148 Å². The average molecular weight is 1270 g/mol. The van der Waals surface area contributed by atoms with Crippen molar-refractivity contribution in [2.75, 3.05) is 47.5 Å². The molecule has 0 rings (SSSR count). The summed E-state index contributed by atoms with van der Waals surface area (Å²) in [4.78, 5) is 35.9. The maximum atomic E-state index is 12.9. The van der Waals surface area contributed by atoms with Crippen LogP contribution < -0.4 is 0 Å². The zero-order valence-electron chi connectivity index (χ0n) is 58.8. The van der Waals surface area contributed by atoms with Crippen molar-refractivity contribution in [3.63, 3.8) is 0 Å². The Labute approximate surface area is 555 Å². The number of carbonyl (C=O) groups excluding carboxylic acids is 2. The second kappa shape index (κ2) is 69.5. The summed E-state index contributed by atoms with van der Waals surface area (Å²) < 4.78 is 34.7. The molecule has 0 fully saturated rings. The number of quaternary nitrogens is 1. The third-order valence-corrected chi connectivity index (χ3v) is 16.7. The predicted octanol–water partition coefficient (Wildman–Crippen LogP) is 24.4. The molecule has 0 aliphatic carbocycles. The fourth-order valence-electron chi connectivity index (χ4n) is 10.1. The lowest BCUT2D eigenvalue weighted by atomic mass is 10.0. The van der Waals surface area contributed by atoms with Crippen molar-refractivity contribution in [3.8, 4) is 0 Å². The molecular formula is C80H139NO8P+. The molecule has 0 amide bonds. The van der Waals surface area contributed by atoms with Crippen LogP contribution in [0.15, 0.2) is 134 Å².